The van der Waals surface area contributed by atoms with E-state index >= 15 is 0 Å². The van der Waals surface area contributed by atoms with Gasteiger partial charge in [-0.25, -0.2) is 13.1 Å². The summed E-state index contributed by atoms with van der Waals surface area (Å²) >= 11 is 5.90. The van der Waals surface area contributed by atoms with Crippen LogP contribution in [0.5, 0.6) is 0 Å². The second kappa shape index (κ2) is 6.38. The monoisotopic (exact) mass is 292 g/mol. The first kappa shape index (κ1) is 15.2. The number of unbranched alkanes of at least 4 members (excludes halogenated alkanes) is 1. The smallest absolute Gasteiger partial charge is 0.240 e. The van der Waals surface area contributed by atoms with Crippen molar-refractivity contribution in [3.8, 4) is 0 Å². The molecule has 0 radical (unpaired) electrons. The van der Waals surface area contributed by atoms with Gasteiger partial charge in [0.1, 0.15) is 0 Å². The zero-order valence-electron chi connectivity index (χ0n) is 10.1. The van der Waals surface area contributed by atoms with E-state index in [1.54, 1.807) is 6.92 Å². The van der Waals surface area contributed by atoms with Crippen molar-refractivity contribution >= 4 is 27.3 Å². The Morgan fingerprint density at radius 2 is 2.06 bits per heavy atom. The van der Waals surface area contributed by atoms with Crippen molar-refractivity contribution in [2.75, 3.05) is 18.9 Å². The number of aliphatic hydroxyl groups excluding tert-OH is 1. The van der Waals surface area contributed by atoms with E-state index in [1.807, 2.05) is 0 Å². The van der Waals surface area contributed by atoms with Crippen LogP contribution in [-0.2, 0) is 10.0 Å². The molecular formula is C11H17ClN2O3S. The summed E-state index contributed by atoms with van der Waals surface area (Å²) in [6, 6.07) is 2.76. The minimum Gasteiger partial charge on any atom is -0.398 e. The van der Waals surface area contributed by atoms with E-state index in [0.29, 0.717) is 29.1 Å². The van der Waals surface area contributed by atoms with Crippen LogP contribution in [0.3, 0.4) is 0 Å². The molecule has 0 fully saturated rings. The molecule has 5 nitrogen and oxygen atoms in total. The first-order valence-electron chi connectivity index (χ1n) is 5.54. The van der Waals surface area contributed by atoms with Crippen molar-refractivity contribution in [1.29, 1.82) is 0 Å². The van der Waals surface area contributed by atoms with Gasteiger partial charge in [-0.05, 0) is 37.5 Å². The van der Waals surface area contributed by atoms with Crippen molar-refractivity contribution in [3.05, 3.63) is 22.7 Å². The Morgan fingerprint density at radius 3 is 2.61 bits per heavy atom. The first-order valence-corrected chi connectivity index (χ1v) is 7.40. The van der Waals surface area contributed by atoms with Crippen LogP contribution < -0.4 is 10.5 Å². The van der Waals surface area contributed by atoms with Gasteiger partial charge in [0.15, 0.2) is 0 Å². The lowest BCUT2D eigenvalue weighted by Crippen LogP contribution is -2.25. The molecule has 7 heteroatoms. The Kier molecular flexibility index (Phi) is 5.40. The number of hydrogen-bond donors (Lipinski definition) is 3. The molecule has 0 unspecified atom stereocenters. The van der Waals surface area contributed by atoms with Gasteiger partial charge in [-0.3, -0.25) is 0 Å². The summed E-state index contributed by atoms with van der Waals surface area (Å²) in [4.78, 5) is 0.0552. The Morgan fingerprint density at radius 1 is 1.39 bits per heavy atom. The number of nitrogens with one attached hydrogen (secondary N) is 1. The van der Waals surface area contributed by atoms with E-state index in [-0.39, 0.29) is 18.0 Å². The molecule has 1 aromatic rings. The molecule has 0 atom stereocenters. The first-order chi connectivity index (χ1) is 8.38. The predicted molar refractivity (Wildman–Crippen MR) is 72.1 cm³/mol. The molecule has 0 heterocycles. The number of anilines is 1. The van der Waals surface area contributed by atoms with E-state index < -0.39 is 10.0 Å². The zero-order chi connectivity index (χ0) is 13.8. The van der Waals surface area contributed by atoms with Crippen molar-refractivity contribution in [3.63, 3.8) is 0 Å². The summed E-state index contributed by atoms with van der Waals surface area (Å²) in [6.07, 6.45) is 1.13. The molecule has 0 aromatic heterocycles. The Labute approximate surface area is 112 Å². The van der Waals surface area contributed by atoms with Gasteiger partial charge in [-0.1, -0.05) is 11.6 Å². The summed E-state index contributed by atoms with van der Waals surface area (Å²) < 4.78 is 26.3. The molecule has 0 amide bonds. The van der Waals surface area contributed by atoms with E-state index in [9.17, 15) is 8.42 Å². The lowest BCUT2D eigenvalue weighted by molar-refractivity contribution is 0.285. The third kappa shape index (κ3) is 3.84. The lowest BCUT2D eigenvalue weighted by atomic mass is 10.2. The number of halogens is 1. The highest BCUT2D eigenvalue weighted by Crippen LogP contribution is 2.25. The molecule has 4 N–H and O–H groups in total. The second-order valence-corrected chi connectivity index (χ2v) is 6.12. The standard InChI is InChI=1S/C11H17ClN2O3S/c1-8-10(12)6-9(7-11(8)13)18(16,17)14-4-2-3-5-15/h6-7,14-15H,2-5,13H2,1H3. The zero-order valence-corrected chi connectivity index (χ0v) is 11.7. The van der Waals surface area contributed by atoms with Gasteiger partial charge in [0.2, 0.25) is 10.0 Å². The fourth-order valence-corrected chi connectivity index (χ4v) is 2.78. The molecule has 102 valence electrons. The minimum atomic E-state index is -3.60. The topological polar surface area (TPSA) is 92.4 Å². The van der Waals surface area contributed by atoms with Gasteiger partial charge in [-0.2, -0.15) is 0 Å². The van der Waals surface area contributed by atoms with Crippen molar-refractivity contribution in [2.45, 2.75) is 24.7 Å². The largest absolute Gasteiger partial charge is 0.398 e. The van der Waals surface area contributed by atoms with E-state index in [0.717, 1.165) is 0 Å². The molecule has 0 saturated carbocycles. The van der Waals surface area contributed by atoms with Crippen LogP contribution in [0, 0.1) is 6.92 Å². The number of hydrogen-bond acceptors (Lipinski definition) is 4. The molecule has 1 aromatic carbocycles. The van der Waals surface area contributed by atoms with Crippen LogP contribution >= 0.6 is 11.6 Å². The van der Waals surface area contributed by atoms with Gasteiger partial charge in [0, 0.05) is 23.9 Å². The maximum absolute atomic E-state index is 11.9. The number of benzene rings is 1. The molecule has 0 aliphatic rings. The van der Waals surface area contributed by atoms with Crippen LogP contribution in [0.2, 0.25) is 5.02 Å². The van der Waals surface area contributed by atoms with Crippen molar-refractivity contribution < 1.29 is 13.5 Å². The molecule has 0 aliphatic heterocycles. The van der Waals surface area contributed by atoms with Gasteiger partial charge in [0.05, 0.1) is 4.90 Å². The molecule has 1 rings (SSSR count). The maximum atomic E-state index is 11.9. The van der Waals surface area contributed by atoms with E-state index in [1.165, 1.54) is 12.1 Å². The van der Waals surface area contributed by atoms with Crippen LogP contribution in [0.1, 0.15) is 18.4 Å². The number of sulfonamides is 1. The highest BCUT2D eigenvalue weighted by atomic mass is 35.5. The van der Waals surface area contributed by atoms with Crippen LogP contribution in [-0.4, -0.2) is 26.7 Å². The fraction of sp³-hybridized carbons (Fsp3) is 0.455. The van der Waals surface area contributed by atoms with Gasteiger partial charge < -0.3 is 10.8 Å². The fourth-order valence-electron chi connectivity index (χ4n) is 1.36. The highest BCUT2D eigenvalue weighted by molar-refractivity contribution is 7.89. The average Bonchev–Trinajstić information content (AvgIpc) is 2.31. The summed E-state index contributed by atoms with van der Waals surface area (Å²) in [7, 11) is -3.60. The average molecular weight is 293 g/mol. The van der Waals surface area contributed by atoms with Gasteiger partial charge in [0.25, 0.3) is 0 Å². The molecule has 0 saturated heterocycles. The number of nitrogen functional groups attached to an aromatic ring is 1. The quantitative estimate of drug-likeness (QED) is 0.544. The summed E-state index contributed by atoms with van der Waals surface area (Å²) in [6.45, 7) is 2.04. The van der Waals surface area contributed by atoms with Crippen LogP contribution in [0.25, 0.3) is 0 Å². The summed E-state index contributed by atoms with van der Waals surface area (Å²) in [5.41, 5.74) is 6.69. The predicted octanol–water partition coefficient (Wildman–Crippen LogP) is 1.28. The normalized spacial score (nSPS) is 11.7. The Bertz CT molecular complexity index is 494. The minimum absolute atomic E-state index is 0.0467. The second-order valence-electron chi connectivity index (χ2n) is 3.95. The number of nitrogens with two attached hydrogens (primary N) is 1. The van der Waals surface area contributed by atoms with E-state index in [2.05, 4.69) is 4.72 Å². The van der Waals surface area contributed by atoms with E-state index in [4.69, 9.17) is 22.4 Å². The molecule has 0 aliphatic carbocycles. The Hall–Kier alpha value is -0.820. The van der Waals surface area contributed by atoms with Crippen LogP contribution in [0.4, 0.5) is 5.69 Å². The molecular weight excluding hydrogens is 276 g/mol. The summed E-state index contributed by atoms with van der Waals surface area (Å²) in [5.74, 6) is 0. The van der Waals surface area contributed by atoms with Crippen molar-refractivity contribution in [2.24, 2.45) is 0 Å². The number of rotatable bonds is 6. The lowest BCUT2D eigenvalue weighted by Gasteiger charge is -2.09. The summed E-state index contributed by atoms with van der Waals surface area (Å²) in [5, 5.41) is 8.93. The molecule has 18 heavy (non-hydrogen) atoms. The molecule has 0 spiro atoms. The molecule has 0 bridgehead atoms. The van der Waals surface area contributed by atoms with Crippen LogP contribution in [0.15, 0.2) is 17.0 Å². The van der Waals surface area contributed by atoms with Gasteiger partial charge in [-0.15, -0.1) is 0 Å². The maximum Gasteiger partial charge on any atom is 0.240 e. The Balaban J connectivity index is 2.85. The van der Waals surface area contributed by atoms with Gasteiger partial charge >= 0.3 is 0 Å². The number of aliphatic hydroxyl groups is 1. The SMILES string of the molecule is Cc1c(N)cc(S(=O)(=O)NCCCCO)cc1Cl. The third-order valence-corrected chi connectivity index (χ3v) is 4.38. The van der Waals surface area contributed by atoms with Crippen molar-refractivity contribution in [1.82, 2.24) is 4.72 Å². The highest BCUT2D eigenvalue weighted by Gasteiger charge is 2.16. The third-order valence-electron chi connectivity index (χ3n) is 2.55.